The molecule has 5 nitrogen and oxygen atoms in total. The van der Waals surface area contributed by atoms with Gasteiger partial charge in [0.05, 0.1) is 0 Å². The van der Waals surface area contributed by atoms with Gasteiger partial charge in [0.2, 0.25) is 11.8 Å². The predicted molar refractivity (Wildman–Crippen MR) is 91.2 cm³/mol. The van der Waals surface area contributed by atoms with Crippen LogP contribution in [0, 0.1) is 5.92 Å². The van der Waals surface area contributed by atoms with Crippen molar-refractivity contribution >= 4 is 11.8 Å². The summed E-state index contributed by atoms with van der Waals surface area (Å²) in [6.45, 7) is 0.949. The minimum atomic E-state index is -0.0340. The smallest absolute Gasteiger partial charge is 0.223 e. The number of furan rings is 1. The zero-order chi connectivity index (χ0) is 16.8. The van der Waals surface area contributed by atoms with Gasteiger partial charge in [-0.25, -0.2) is 0 Å². The van der Waals surface area contributed by atoms with Crippen LogP contribution in [0.5, 0.6) is 0 Å². The molecule has 5 heteroatoms. The van der Waals surface area contributed by atoms with Gasteiger partial charge in [-0.1, -0.05) is 30.3 Å². The number of hydrogen-bond donors (Lipinski definition) is 2. The summed E-state index contributed by atoms with van der Waals surface area (Å²) in [5.74, 6) is 1.89. The van der Waals surface area contributed by atoms with E-state index in [1.165, 1.54) is 0 Å². The summed E-state index contributed by atoms with van der Waals surface area (Å²) in [5.41, 5.74) is 1.03. The van der Waals surface area contributed by atoms with Gasteiger partial charge < -0.3 is 15.1 Å². The second-order valence-corrected chi connectivity index (χ2v) is 6.05. The molecule has 1 aromatic carbocycles. The second kappa shape index (κ2) is 7.81. The maximum absolute atomic E-state index is 11.8. The summed E-state index contributed by atoms with van der Waals surface area (Å²) in [5, 5.41) is 5.63. The Morgan fingerprint density at radius 1 is 1.00 bits per heavy atom. The molecule has 0 bridgehead atoms. The van der Waals surface area contributed by atoms with Crippen molar-refractivity contribution in [3.63, 3.8) is 0 Å². The molecule has 0 unspecified atom stereocenters. The summed E-state index contributed by atoms with van der Waals surface area (Å²) in [6.07, 6.45) is 2.92. The summed E-state index contributed by atoms with van der Waals surface area (Å²) in [6, 6.07) is 13.7. The maximum Gasteiger partial charge on any atom is 0.223 e. The van der Waals surface area contributed by atoms with E-state index in [1.807, 2.05) is 42.5 Å². The molecule has 0 atom stereocenters. The second-order valence-electron chi connectivity index (χ2n) is 6.05. The minimum Gasteiger partial charge on any atom is -0.461 e. The lowest BCUT2D eigenvalue weighted by Crippen LogP contribution is -2.35. The van der Waals surface area contributed by atoms with Crippen LogP contribution in [0.15, 0.2) is 46.9 Å². The molecule has 126 valence electrons. The van der Waals surface area contributed by atoms with Gasteiger partial charge in [0, 0.05) is 37.4 Å². The Morgan fingerprint density at radius 2 is 1.75 bits per heavy atom. The first-order chi connectivity index (χ1) is 11.7. The average Bonchev–Trinajstić information content (AvgIpc) is 3.36. The van der Waals surface area contributed by atoms with Gasteiger partial charge in [-0.15, -0.1) is 0 Å². The summed E-state index contributed by atoms with van der Waals surface area (Å²) < 4.78 is 5.77. The van der Waals surface area contributed by atoms with E-state index in [2.05, 4.69) is 10.6 Å². The van der Waals surface area contributed by atoms with E-state index in [0.717, 1.165) is 29.9 Å². The van der Waals surface area contributed by atoms with Crippen LogP contribution in [0.1, 0.15) is 25.0 Å². The summed E-state index contributed by atoms with van der Waals surface area (Å²) in [7, 11) is 0. The van der Waals surface area contributed by atoms with Crippen LogP contribution in [0.3, 0.4) is 0 Å². The largest absolute Gasteiger partial charge is 0.461 e. The van der Waals surface area contributed by atoms with Gasteiger partial charge in [-0.3, -0.25) is 9.59 Å². The Balaban J connectivity index is 1.35. The molecular weight excluding hydrogens is 304 g/mol. The van der Waals surface area contributed by atoms with E-state index in [-0.39, 0.29) is 17.7 Å². The third kappa shape index (κ3) is 4.72. The molecular formula is C19H22N2O3. The van der Waals surface area contributed by atoms with Gasteiger partial charge in [0.1, 0.15) is 11.5 Å². The first-order valence-corrected chi connectivity index (χ1v) is 8.41. The molecule has 0 aliphatic heterocycles. The highest BCUT2D eigenvalue weighted by molar-refractivity contribution is 5.81. The normalized spacial score (nSPS) is 13.5. The summed E-state index contributed by atoms with van der Waals surface area (Å²) >= 11 is 0. The van der Waals surface area contributed by atoms with Crippen molar-refractivity contribution in [3.8, 4) is 11.3 Å². The molecule has 2 aromatic rings. The van der Waals surface area contributed by atoms with E-state index in [0.29, 0.717) is 25.9 Å². The number of aryl methyl sites for hydroxylation is 1. The average molecular weight is 326 g/mol. The quantitative estimate of drug-likeness (QED) is 0.732. The highest BCUT2D eigenvalue weighted by atomic mass is 16.3. The van der Waals surface area contributed by atoms with Gasteiger partial charge in [-0.05, 0) is 25.0 Å². The van der Waals surface area contributed by atoms with Crippen LogP contribution < -0.4 is 10.6 Å². The number of rotatable bonds is 8. The first kappa shape index (κ1) is 16.3. The van der Waals surface area contributed by atoms with Crippen molar-refractivity contribution in [2.45, 2.75) is 25.7 Å². The fourth-order valence-corrected chi connectivity index (χ4v) is 2.47. The number of benzene rings is 1. The van der Waals surface area contributed by atoms with E-state index < -0.39 is 0 Å². The van der Waals surface area contributed by atoms with Crippen LogP contribution in [0.2, 0.25) is 0 Å². The molecule has 3 rings (SSSR count). The lowest BCUT2D eigenvalue weighted by molar-refractivity contribution is -0.123. The monoisotopic (exact) mass is 326 g/mol. The van der Waals surface area contributed by atoms with E-state index in [1.54, 1.807) is 0 Å². The molecule has 0 saturated heterocycles. The van der Waals surface area contributed by atoms with Crippen LogP contribution >= 0.6 is 0 Å². The van der Waals surface area contributed by atoms with Crippen molar-refractivity contribution < 1.29 is 14.0 Å². The zero-order valence-electron chi connectivity index (χ0n) is 13.6. The molecule has 1 aliphatic rings. The van der Waals surface area contributed by atoms with Crippen molar-refractivity contribution in [1.29, 1.82) is 0 Å². The van der Waals surface area contributed by atoms with E-state index in [9.17, 15) is 9.59 Å². The number of carbonyl (C=O) groups excluding carboxylic acids is 2. The van der Waals surface area contributed by atoms with E-state index in [4.69, 9.17) is 4.42 Å². The molecule has 0 spiro atoms. The molecule has 0 radical (unpaired) electrons. The SMILES string of the molecule is O=C(CCc1ccc(-c2ccccc2)o1)NCCNC(=O)C1CC1. The fourth-order valence-electron chi connectivity index (χ4n) is 2.47. The lowest BCUT2D eigenvalue weighted by atomic mass is 10.2. The Hall–Kier alpha value is -2.56. The van der Waals surface area contributed by atoms with E-state index >= 15 is 0 Å². The Kier molecular flexibility index (Phi) is 5.31. The van der Waals surface area contributed by atoms with Crippen LogP contribution in [0.25, 0.3) is 11.3 Å². The Morgan fingerprint density at radius 3 is 2.50 bits per heavy atom. The van der Waals surface area contributed by atoms with Crippen LogP contribution in [-0.4, -0.2) is 24.9 Å². The molecule has 2 amide bonds. The molecule has 1 saturated carbocycles. The molecule has 24 heavy (non-hydrogen) atoms. The molecule has 1 heterocycles. The zero-order valence-corrected chi connectivity index (χ0v) is 13.6. The number of carbonyl (C=O) groups is 2. The fraction of sp³-hybridized carbons (Fsp3) is 0.368. The lowest BCUT2D eigenvalue weighted by Gasteiger charge is -2.06. The highest BCUT2D eigenvalue weighted by Crippen LogP contribution is 2.28. The Bertz CT molecular complexity index is 690. The standard InChI is InChI=1S/C19H22N2O3/c22-18(20-12-13-21-19(23)15-6-7-15)11-9-16-8-10-17(24-16)14-4-2-1-3-5-14/h1-5,8,10,15H,6-7,9,11-13H2,(H,20,22)(H,21,23). The van der Waals surface area contributed by atoms with Crippen molar-refractivity contribution in [2.24, 2.45) is 5.92 Å². The first-order valence-electron chi connectivity index (χ1n) is 8.41. The van der Waals surface area contributed by atoms with Gasteiger partial charge >= 0.3 is 0 Å². The maximum atomic E-state index is 11.8. The van der Waals surface area contributed by atoms with Crippen molar-refractivity contribution in [1.82, 2.24) is 10.6 Å². The topological polar surface area (TPSA) is 71.3 Å². The number of amides is 2. The number of hydrogen-bond acceptors (Lipinski definition) is 3. The van der Waals surface area contributed by atoms with Gasteiger partial charge in [0.15, 0.2) is 0 Å². The molecule has 2 N–H and O–H groups in total. The van der Waals surface area contributed by atoms with Crippen molar-refractivity contribution in [3.05, 3.63) is 48.2 Å². The highest BCUT2D eigenvalue weighted by Gasteiger charge is 2.28. The van der Waals surface area contributed by atoms with Crippen LogP contribution in [0.4, 0.5) is 0 Å². The summed E-state index contributed by atoms with van der Waals surface area (Å²) in [4.78, 5) is 23.3. The molecule has 1 aliphatic carbocycles. The third-order valence-electron chi connectivity index (χ3n) is 4.01. The predicted octanol–water partition coefficient (Wildman–Crippen LogP) is 2.52. The third-order valence-corrected chi connectivity index (χ3v) is 4.01. The van der Waals surface area contributed by atoms with Gasteiger partial charge in [-0.2, -0.15) is 0 Å². The molecule has 1 aromatic heterocycles. The number of nitrogens with one attached hydrogen (secondary N) is 2. The molecule has 1 fully saturated rings. The van der Waals surface area contributed by atoms with Gasteiger partial charge in [0.25, 0.3) is 0 Å². The van der Waals surface area contributed by atoms with Crippen LogP contribution in [-0.2, 0) is 16.0 Å². The Labute approximate surface area is 141 Å². The minimum absolute atomic E-state index is 0.0340. The van der Waals surface area contributed by atoms with Crippen molar-refractivity contribution in [2.75, 3.05) is 13.1 Å².